The van der Waals surface area contributed by atoms with Crippen molar-refractivity contribution in [2.75, 3.05) is 29.8 Å². The fourth-order valence-electron chi connectivity index (χ4n) is 4.01. The van der Waals surface area contributed by atoms with Crippen molar-refractivity contribution < 1.29 is 22.7 Å². The maximum absolute atomic E-state index is 14.9. The van der Waals surface area contributed by atoms with Crippen molar-refractivity contribution in [1.29, 1.82) is 0 Å². The zero-order valence-corrected chi connectivity index (χ0v) is 20.5. The summed E-state index contributed by atoms with van der Waals surface area (Å²) in [4.78, 5) is 12.5. The molecule has 0 spiro atoms. The molecule has 1 aliphatic heterocycles. The summed E-state index contributed by atoms with van der Waals surface area (Å²) in [6.07, 6.45) is 2.37. The number of nitrogens with one attached hydrogen (secondary N) is 1. The van der Waals surface area contributed by atoms with Crippen LogP contribution in [-0.4, -0.2) is 55.4 Å². The van der Waals surface area contributed by atoms with E-state index in [1.807, 2.05) is 32.2 Å². The third-order valence-electron chi connectivity index (χ3n) is 5.65. The van der Waals surface area contributed by atoms with Gasteiger partial charge in [0.1, 0.15) is 10.7 Å². The number of aromatic nitrogens is 1. The van der Waals surface area contributed by atoms with E-state index in [0.717, 1.165) is 37.6 Å². The molecular formula is C23H27FN4O4S2. The first-order valence-electron chi connectivity index (χ1n) is 10.5. The highest BCUT2D eigenvalue weighted by Gasteiger charge is 2.28. The molecule has 1 saturated heterocycles. The molecule has 0 radical (unpaired) electrons. The van der Waals surface area contributed by atoms with E-state index in [0.29, 0.717) is 16.9 Å². The molecule has 1 atom stereocenters. The molecule has 0 saturated carbocycles. The van der Waals surface area contributed by atoms with Crippen molar-refractivity contribution in [1.82, 2.24) is 9.27 Å². The van der Waals surface area contributed by atoms with Crippen molar-refractivity contribution in [3.8, 4) is 0 Å². The molecule has 0 unspecified atom stereocenters. The van der Waals surface area contributed by atoms with Gasteiger partial charge in [0.25, 0.3) is 16.5 Å². The van der Waals surface area contributed by atoms with Crippen LogP contribution in [0.4, 0.5) is 15.8 Å². The number of anilines is 2. The number of likely N-dealkylation sites (N-methyl/N-ethyl adjacent to an activating group) is 1. The maximum Gasteiger partial charge on any atom is 0.290 e. The Bertz CT molecular complexity index is 1190. The number of halogens is 1. The third kappa shape index (κ3) is 6.31. The van der Waals surface area contributed by atoms with E-state index in [-0.39, 0.29) is 17.4 Å². The first-order valence-corrected chi connectivity index (χ1v) is 12.9. The van der Waals surface area contributed by atoms with Crippen LogP contribution in [0.1, 0.15) is 17.5 Å². The molecule has 2 N–H and O–H groups in total. The zero-order chi connectivity index (χ0) is 24.7. The number of sulfonamides is 1. The summed E-state index contributed by atoms with van der Waals surface area (Å²) in [6.45, 7) is 4.29. The predicted octanol–water partition coefficient (Wildman–Crippen LogP) is 3.80. The predicted molar refractivity (Wildman–Crippen MR) is 131 cm³/mol. The zero-order valence-electron chi connectivity index (χ0n) is 18.9. The molecule has 0 bridgehead atoms. The number of rotatable bonds is 7. The summed E-state index contributed by atoms with van der Waals surface area (Å²) in [6, 6.07) is 13.3. The van der Waals surface area contributed by atoms with Crippen molar-refractivity contribution in [2.24, 2.45) is 0 Å². The van der Waals surface area contributed by atoms with Crippen LogP contribution in [0.2, 0.25) is 0 Å². The molecule has 2 heterocycles. The van der Waals surface area contributed by atoms with E-state index < -0.39 is 15.8 Å². The highest BCUT2D eigenvalue weighted by molar-refractivity contribution is 7.92. The van der Waals surface area contributed by atoms with Gasteiger partial charge in [0, 0.05) is 43.8 Å². The highest BCUT2D eigenvalue weighted by atomic mass is 32.2. The van der Waals surface area contributed by atoms with Crippen LogP contribution in [0.15, 0.2) is 58.9 Å². The molecule has 1 aliphatic rings. The molecule has 3 aromatic rings. The molecule has 4 rings (SSSR count). The number of likely N-dealkylation sites (tertiary alicyclic amines) is 1. The average molecular weight is 507 g/mol. The van der Waals surface area contributed by atoms with E-state index in [1.165, 1.54) is 23.9 Å². The Kier molecular flexibility index (Phi) is 8.59. The first-order chi connectivity index (χ1) is 16.2. The van der Waals surface area contributed by atoms with Crippen LogP contribution in [0, 0.1) is 12.7 Å². The van der Waals surface area contributed by atoms with E-state index >= 15 is 0 Å². The topological polar surface area (TPSA) is 103 Å². The lowest BCUT2D eigenvalue weighted by molar-refractivity contribution is -0.122. The monoisotopic (exact) mass is 506 g/mol. The van der Waals surface area contributed by atoms with E-state index in [1.54, 1.807) is 5.38 Å². The van der Waals surface area contributed by atoms with Crippen molar-refractivity contribution in [3.05, 3.63) is 71.0 Å². The number of carboxylic acid groups (broad SMARTS) is 1. The molecular weight excluding hydrogens is 479 g/mol. The number of hydrogen-bond acceptors (Lipinski definition) is 7. The smallest absolute Gasteiger partial charge is 0.290 e. The minimum Gasteiger partial charge on any atom is -0.483 e. The van der Waals surface area contributed by atoms with Gasteiger partial charge in [-0.15, -0.1) is 0 Å². The van der Waals surface area contributed by atoms with Crippen molar-refractivity contribution in [2.45, 2.75) is 30.8 Å². The van der Waals surface area contributed by atoms with Crippen molar-refractivity contribution in [3.63, 3.8) is 0 Å². The average Bonchev–Trinajstić information content (AvgIpc) is 3.48. The van der Waals surface area contributed by atoms with Gasteiger partial charge in [-0.25, -0.2) is 12.8 Å². The van der Waals surface area contributed by atoms with Gasteiger partial charge < -0.3 is 10.0 Å². The van der Waals surface area contributed by atoms with Crippen LogP contribution in [0.25, 0.3) is 0 Å². The number of hydrogen-bond donors (Lipinski definition) is 2. The molecule has 2 aromatic carbocycles. The quantitative estimate of drug-likeness (QED) is 0.470. The Morgan fingerprint density at radius 1 is 1.32 bits per heavy atom. The Morgan fingerprint density at radius 3 is 2.68 bits per heavy atom. The summed E-state index contributed by atoms with van der Waals surface area (Å²) in [5.74, 6) is -0.762. The van der Waals surface area contributed by atoms with Crippen LogP contribution < -0.4 is 9.62 Å². The second-order valence-corrected chi connectivity index (χ2v) is 10.3. The Labute approximate surface area is 202 Å². The SMILES string of the molecule is Cc1cc(S(=O)(=O)Nc2cnsc2)c(F)cc1N(C)[C@H]1CCN(Cc2ccccc2)C1.O=CO. The standard InChI is InChI=1S/C22H25FN4O2S2.CH2O2/c1-16-10-22(31(28,29)25-18-12-24-30-15-18)20(23)11-21(16)26(2)19-8-9-27(14-19)13-17-6-4-3-5-7-17;2-1-3/h3-7,10-12,15,19,25H,8-9,13-14H2,1-2H3;1H,(H,2,3)/t19-;/m0./s1. The highest BCUT2D eigenvalue weighted by Crippen LogP contribution is 2.30. The summed E-state index contributed by atoms with van der Waals surface area (Å²) in [5, 5.41) is 8.45. The van der Waals surface area contributed by atoms with Crippen molar-refractivity contribution >= 4 is 39.4 Å². The molecule has 0 amide bonds. The molecule has 1 fully saturated rings. The molecule has 11 heteroatoms. The minimum atomic E-state index is -4.03. The summed E-state index contributed by atoms with van der Waals surface area (Å²) >= 11 is 1.12. The minimum absolute atomic E-state index is 0.235. The maximum atomic E-state index is 14.9. The van der Waals surface area contributed by atoms with E-state index in [4.69, 9.17) is 9.90 Å². The van der Waals surface area contributed by atoms with Gasteiger partial charge in [-0.05, 0) is 48.1 Å². The van der Waals surface area contributed by atoms with Crippen LogP contribution in [0.3, 0.4) is 0 Å². The Morgan fingerprint density at radius 2 is 2.03 bits per heavy atom. The number of nitrogens with zero attached hydrogens (tertiary/aromatic N) is 3. The number of carbonyl (C=O) groups is 1. The van der Waals surface area contributed by atoms with Gasteiger partial charge in [0.15, 0.2) is 0 Å². The first kappa shape index (κ1) is 25.6. The number of benzene rings is 2. The largest absolute Gasteiger partial charge is 0.483 e. The normalized spacial score (nSPS) is 15.9. The van der Waals surface area contributed by atoms with Gasteiger partial charge in [-0.3, -0.25) is 14.4 Å². The molecule has 34 heavy (non-hydrogen) atoms. The van der Waals surface area contributed by atoms with E-state index in [9.17, 15) is 12.8 Å². The van der Waals surface area contributed by atoms with Crippen LogP contribution >= 0.6 is 11.5 Å². The summed E-state index contributed by atoms with van der Waals surface area (Å²) < 4.78 is 46.4. The third-order valence-corrected chi connectivity index (χ3v) is 7.63. The molecule has 0 aliphatic carbocycles. The lowest BCUT2D eigenvalue weighted by Gasteiger charge is -2.29. The lowest BCUT2D eigenvalue weighted by atomic mass is 10.1. The van der Waals surface area contributed by atoms with E-state index in [2.05, 4.69) is 31.0 Å². The van der Waals surface area contributed by atoms with Gasteiger partial charge in [-0.2, -0.15) is 4.37 Å². The Balaban J connectivity index is 0.00000103. The second kappa shape index (κ2) is 11.4. The van der Waals surface area contributed by atoms with Gasteiger partial charge in [0.05, 0.1) is 11.9 Å². The van der Waals surface area contributed by atoms with Gasteiger partial charge in [-0.1, -0.05) is 30.3 Å². The molecule has 1 aromatic heterocycles. The lowest BCUT2D eigenvalue weighted by Crippen LogP contribution is -2.35. The fourth-order valence-corrected chi connectivity index (χ4v) is 5.73. The fraction of sp³-hybridized carbons (Fsp3) is 0.304. The molecule has 182 valence electrons. The second-order valence-electron chi connectivity index (χ2n) is 7.97. The van der Waals surface area contributed by atoms with Crippen LogP contribution in [-0.2, 0) is 21.4 Å². The summed E-state index contributed by atoms with van der Waals surface area (Å²) in [5.41, 5.74) is 3.03. The van der Waals surface area contributed by atoms with Gasteiger partial charge >= 0.3 is 0 Å². The van der Waals surface area contributed by atoms with Gasteiger partial charge in [0.2, 0.25) is 0 Å². The van der Waals surface area contributed by atoms with Crippen LogP contribution in [0.5, 0.6) is 0 Å². The summed E-state index contributed by atoms with van der Waals surface area (Å²) in [7, 11) is -2.08. The number of aryl methyl sites for hydroxylation is 1. The Hall–Kier alpha value is -3.02. The molecule has 8 nitrogen and oxygen atoms in total.